The average molecular weight is 324 g/mol. The van der Waals surface area contributed by atoms with Gasteiger partial charge in [0.1, 0.15) is 0 Å². The van der Waals surface area contributed by atoms with Crippen LogP contribution in [0.1, 0.15) is 70.6 Å². The maximum absolute atomic E-state index is 11.9. The first kappa shape index (κ1) is 18.0. The summed E-state index contributed by atoms with van der Waals surface area (Å²) < 4.78 is 0. The standard InChI is InChI=1S/C17H32N4O2/c18-13-8-10-15(11-9-13)20-16(22)7-4-12-19-17(23)21-14-5-2-1-3-6-14/h13-15H,1-12,18H2,(H,20,22)(H2,19,21,23). The second kappa shape index (κ2) is 9.75. The number of rotatable bonds is 6. The van der Waals surface area contributed by atoms with Crippen LogP contribution < -0.4 is 21.7 Å². The summed E-state index contributed by atoms with van der Waals surface area (Å²) in [5.41, 5.74) is 5.86. The molecule has 0 aromatic rings. The molecule has 2 aliphatic rings. The Kier molecular flexibility index (Phi) is 7.65. The van der Waals surface area contributed by atoms with Gasteiger partial charge in [-0.1, -0.05) is 19.3 Å². The SMILES string of the molecule is NC1CCC(NC(=O)CCCNC(=O)NC2CCCCC2)CC1. The van der Waals surface area contributed by atoms with Crippen molar-refractivity contribution in [1.29, 1.82) is 0 Å². The second-order valence-electron chi connectivity index (χ2n) is 7.02. The van der Waals surface area contributed by atoms with Gasteiger partial charge in [-0.3, -0.25) is 4.79 Å². The number of carbonyl (C=O) groups excluding carboxylic acids is 2. The van der Waals surface area contributed by atoms with Crippen molar-refractivity contribution in [2.45, 2.75) is 88.8 Å². The van der Waals surface area contributed by atoms with Crippen LogP contribution in [0.25, 0.3) is 0 Å². The van der Waals surface area contributed by atoms with Gasteiger partial charge in [0.2, 0.25) is 5.91 Å². The molecule has 0 saturated heterocycles. The van der Waals surface area contributed by atoms with E-state index in [9.17, 15) is 9.59 Å². The molecule has 0 unspecified atom stereocenters. The molecule has 2 aliphatic carbocycles. The van der Waals surface area contributed by atoms with Crippen LogP contribution in [0.15, 0.2) is 0 Å². The Morgan fingerprint density at radius 2 is 1.52 bits per heavy atom. The predicted octanol–water partition coefficient (Wildman–Crippen LogP) is 1.78. The molecule has 0 bridgehead atoms. The van der Waals surface area contributed by atoms with Gasteiger partial charge < -0.3 is 21.7 Å². The Morgan fingerprint density at radius 1 is 0.870 bits per heavy atom. The van der Waals surface area contributed by atoms with E-state index in [4.69, 9.17) is 5.73 Å². The molecule has 6 heteroatoms. The Hall–Kier alpha value is -1.30. The summed E-state index contributed by atoms with van der Waals surface area (Å²) >= 11 is 0. The van der Waals surface area contributed by atoms with Crippen molar-refractivity contribution < 1.29 is 9.59 Å². The summed E-state index contributed by atoms with van der Waals surface area (Å²) in [6.45, 7) is 0.543. The maximum atomic E-state index is 11.9. The summed E-state index contributed by atoms with van der Waals surface area (Å²) in [5.74, 6) is 0.0833. The fraction of sp³-hybridized carbons (Fsp3) is 0.882. The third-order valence-electron chi connectivity index (χ3n) is 4.94. The molecule has 0 aliphatic heterocycles. The molecule has 2 saturated carbocycles. The topological polar surface area (TPSA) is 96.2 Å². The van der Waals surface area contributed by atoms with E-state index in [1.165, 1.54) is 19.3 Å². The zero-order valence-corrected chi connectivity index (χ0v) is 14.1. The van der Waals surface area contributed by atoms with Gasteiger partial charge in [0.25, 0.3) is 0 Å². The van der Waals surface area contributed by atoms with E-state index in [-0.39, 0.29) is 18.0 Å². The van der Waals surface area contributed by atoms with E-state index >= 15 is 0 Å². The highest BCUT2D eigenvalue weighted by atomic mass is 16.2. The molecule has 2 fully saturated rings. The van der Waals surface area contributed by atoms with Crippen LogP contribution in [0.5, 0.6) is 0 Å². The largest absolute Gasteiger partial charge is 0.353 e. The third kappa shape index (κ3) is 7.20. The molecule has 0 aromatic carbocycles. The lowest BCUT2D eigenvalue weighted by Gasteiger charge is -2.26. The average Bonchev–Trinajstić information content (AvgIpc) is 2.55. The van der Waals surface area contributed by atoms with E-state index in [0.717, 1.165) is 38.5 Å². The molecule has 0 spiro atoms. The van der Waals surface area contributed by atoms with Crippen molar-refractivity contribution in [1.82, 2.24) is 16.0 Å². The molecule has 0 radical (unpaired) electrons. The van der Waals surface area contributed by atoms with Gasteiger partial charge in [-0.25, -0.2) is 4.79 Å². The van der Waals surface area contributed by atoms with Gasteiger partial charge in [-0.05, 0) is 44.9 Å². The van der Waals surface area contributed by atoms with Crippen molar-refractivity contribution in [3.8, 4) is 0 Å². The minimum absolute atomic E-state index is 0.0833. The van der Waals surface area contributed by atoms with Crippen molar-refractivity contribution in [2.24, 2.45) is 5.73 Å². The van der Waals surface area contributed by atoms with Crippen molar-refractivity contribution >= 4 is 11.9 Å². The number of hydrogen-bond donors (Lipinski definition) is 4. The van der Waals surface area contributed by atoms with Crippen molar-refractivity contribution in [3.05, 3.63) is 0 Å². The van der Waals surface area contributed by atoms with E-state index < -0.39 is 0 Å². The minimum atomic E-state index is -0.0985. The maximum Gasteiger partial charge on any atom is 0.315 e. The third-order valence-corrected chi connectivity index (χ3v) is 4.94. The van der Waals surface area contributed by atoms with E-state index in [1.807, 2.05) is 0 Å². The summed E-state index contributed by atoms with van der Waals surface area (Å²) in [6, 6.07) is 0.809. The number of amides is 3. The molecule has 0 heterocycles. The Balaban J connectivity index is 1.49. The van der Waals surface area contributed by atoms with Gasteiger partial charge in [-0.2, -0.15) is 0 Å². The minimum Gasteiger partial charge on any atom is -0.353 e. The van der Waals surface area contributed by atoms with Crippen molar-refractivity contribution in [3.63, 3.8) is 0 Å². The molecule has 0 aromatic heterocycles. The molecule has 6 nitrogen and oxygen atoms in total. The Morgan fingerprint density at radius 3 is 2.22 bits per heavy atom. The van der Waals surface area contributed by atoms with Crippen molar-refractivity contribution in [2.75, 3.05) is 6.54 Å². The van der Waals surface area contributed by atoms with Crippen LogP contribution in [0.3, 0.4) is 0 Å². The highest BCUT2D eigenvalue weighted by Crippen LogP contribution is 2.17. The first-order valence-corrected chi connectivity index (χ1v) is 9.23. The van der Waals surface area contributed by atoms with Gasteiger partial charge >= 0.3 is 6.03 Å². The lowest BCUT2D eigenvalue weighted by atomic mass is 9.92. The Labute approximate surface area is 139 Å². The molecule has 0 atom stereocenters. The van der Waals surface area contributed by atoms with Crippen LogP contribution in [-0.4, -0.2) is 36.6 Å². The molecule has 23 heavy (non-hydrogen) atoms. The summed E-state index contributed by atoms with van der Waals surface area (Å²) in [7, 11) is 0. The molecule has 2 rings (SSSR count). The first-order chi connectivity index (χ1) is 11.1. The number of carbonyl (C=O) groups is 2. The fourth-order valence-corrected chi connectivity index (χ4v) is 3.50. The summed E-state index contributed by atoms with van der Waals surface area (Å²) in [6.07, 6.45) is 11.0. The highest BCUT2D eigenvalue weighted by molar-refractivity contribution is 5.76. The van der Waals surface area contributed by atoms with Gasteiger partial charge in [-0.15, -0.1) is 0 Å². The van der Waals surface area contributed by atoms with Crippen LogP contribution in [-0.2, 0) is 4.79 Å². The monoisotopic (exact) mass is 324 g/mol. The quantitative estimate of drug-likeness (QED) is 0.561. The van der Waals surface area contributed by atoms with E-state index in [1.54, 1.807) is 0 Å². The van der Waals surface area contributed by atoms with Crippen LogP contribution >= 0.6 is 0 Å². The van der Waals surface area contributed by atoms with Crippen LogP contribution in [0, 0.1) is 0 Å². The fourth-order valence-electron chi connectivity index (χ4n) is 3.50. The first-order valence-electron chi connectivity index (χ1n) is 9.23. The van der Waals surface area contributed by atoms with Crippen LogP contribution in [0.4, 0.5) is 4.79 Å². The molecular formula is C17H32N4O2. The van der Waals surface area contributed by atoms with Gasteiger partial charge in [0.05, 0.1) is 0 Å². The summed E-state index contributed by atoms with van der Waals surface area (Å²) in [5, 5.41) is 8.93. The Bertz CT molecular complexity index is 375. The van der Waals surface area contributed by atoms with Crippen LogP contribution in [0.2, 0.25) is 0 Å². The zero-order chi connectivity index (χ0) is 16.5. The number of hydrogen-bond acceptors (Lipinski definition) is 3. The van der Waals surface area contributed by atoms with Gasteiger partial charge in [0.15, 0.2) is 0 Å². The molecular weight excluding hydrogens is 292 g/mol. The lowest BCUT2D eigenvalue weighted by Crippen LogP contribution is -2.43. The second-order valence-corrected chi connectivity index (χ2v) is 7.02. The lowest BCUT2D eigenvalue weighted by molar-refractivity contribution is -0.122. The molecule has 3 amide bonds. The highest BCUT2D eigenvalue weighted by Gasteiger charge is 2.20. The number of nitrogens with one attached hydrogen (secondary N) is 3. The molecule has 5 N–H and O–H groups in total. The number of urea groups is 1. The number of nitrogens with two attached hydrogens (primary N) is 1. The van der Waals surface area contributed by atoms with E-state index in [2.05, 4.69) is 16.0 Å². The molecule has 132 valence electrons. The summed E-state index contributed by atoms with van der Waals surface area (Å²) in [4.78, 5) is 23.7. The van der Waals surface area contributed by atoms with Gasteiger partial charge in [0, 0.05) is 31.1 Å². The van der Waals surface area contributed by atoms with E-state index in [0.29, 0.717) is 31.5 Å². The normalized spacial score (nSPS) is 25.6. The predicted molar refractivity (Wildman–Crippen MR) is 91.0 cm³/mol. The zero-order valence-electron chi connectivity index (χ0n) is 14.1. The smallest absolute Gasteiger partial charge is 0.315 e.